The summed E-state index contributed by atoms with van der Waals surface area (Å²) < 4.78 is 0. The van der Waals surface area contributed by atoms with Crippen LogP contribution >= 0.6 is 11.6 Å². The number of amides is 1. The van der Waals surface area contributed by atoms with Crippen molar-refractivity contribution in [1.29, 1.82) is 0 Å². The second-order valence-electron chi connectivity index (χ2n) is 4.15. The van der Waals surface area contributed by atoms with Gasteiger partial charge >= 0.3 is 0 Å². The van der Waals surface area contributed by atoms with Gasteiger partial charge in [-0.1, -0.05) is 11.6 Å². The van der Waals surface area contributed by atoms with Crippen LogP contribution in [0.4, 0.5) is 0 Å². The van der Waals surface area contributed by atoms with Crippen molar-refractivity contribution in [3.8, 4) is 5.75 Å². The van der Waals surface area contributed by atoms with Crippen molar-refractivity contribution in [3.63, 3.8) is 0 Å². The van der Waals surface area contributed by atoms with Crippen LogP contribution in [-0.2, 0) is 0 Å². The molecule has 1 saturated carbocycles. The van der Waals surface area contributed by atoms with E-state index in [1.54, 1.807) is 6.07 Å². The van der Waals surface area contributed by atoms with Gasteiger partial charge in [0.15, 0.2) is 0 Å². The first kappa shape index (κ1) is 12.2. The van der Waals surface area contributed by atoms with Crippen LogP contribution in [0.15, 0.2) is 18.2 Å². The molecule has 92 valence electrons. The van der Waals surface area contributed by atoms with Crippen LogP contribution in [0, 0.1) is 0 Å². The summed E-state index contributed by atoms with van der Waals surface area (Å²) in [5, 5.41) is 16.0. The van der Waals surface area contributed by atoms with Gasteiger partial charge in [0.2, 0.25) is 0 Å². The van der Waals surface area contributed by atoms with Crippen LogP contribution < -0.4 is 10.6 Å². The monoisotopic (exact) mass is 254 g/mol. The van der Waals surface area contributed by atoms with E-state index in [0.717, 1.165) is 6.54 Å². The van der Waals surface area contributed by atoms with Crippen molar-refractivity contribution < 1.29 is 9.90 Å². The largest absolute Gasteiger partial charge is 0.507 e. The van der Waals surface area contributed by atoms with Gasteiger partial charge in [0, 0.05) is 24.2 Å². The van der Waals surface area contributed by atoms with E-state index in [2.05, 4.69) is 10.6 Å². The second-order valence-corrected chi connectivity index (χ2v) is 4.58. The fraction of sp³-hybridized carbons (Fsp3) is 0.417. The number of benzene rings is 1. The van der Waals surface area contributed by atoms with E-state index in [0.29, 0.717) is 17.6 Å². The van der Waals surface area contributed by atoms with Crippen molar-refractivity contribution >= 4 is 17.5 Å². The highest BCUT2D eigenvalue weighted by Gasteiger charge is 2.19. The third-order valence-electron chi connectivity index (χ3n) is 2.63. The van der Waals surface area contributed by atoms with Gasteiger partial charge in [-0.05, 0) is 31.0 Å². The summed E-state index contributed by atoms with van der Waals surface area (Å²) in [6.45, 7) is 1.31. The quantitative estimate of drug-likeness (QED) is 0.699. The van der Waals surface area contributed by atoms with Gasteiger partial charge in [0.1, 0.15) is 5.75 Å². The summed E-state index contributed by atoms with van der Waals surface area (Å²) in [5.41, 5.74) is 0.251. The Balaban J connectivity index is 1.81. The molecule has 1 aliphatic rings. The lowest BCUT2D eigenvalue weighted by Gasteiger charge is -2.07. The van der Waals surface area contributed by atoms with Crippen molar-refractivity contribution in [3.05, 3.63) is 28.8 Å². The first-order chi connectivity index (χ1) is 8.16. The van der Waals surface area contributed by atoms with Crippen molar-refractivity contribution in [2.45, 2.75) is 18.9 Å². The molecule has 0 unspecified atom stereocenters. The minimum atomic E-state index is -0.281. The Morgan fingerprint density at radius 2 is 2.18 bits per heavy atom. The predicted molar refractivity (Wildman–Crippen MR) is 66.5 cm³/mol. The summed E-state index contributed by atoms with van der Waals surface area (Å²) in [5.74, 6) is -0.373. The molecule has 1 amide bonds. The number of halogens is 1. The summed E-state index contributed by atoms with van der Waals surface area (Å²) >= 11 is 5.69. The normalized spacial score (nSPS) is 14.6. The molecule has 0 spiro atoms. The van der Waals surface area contributed by atoms with E-state index in [1.165, 1.54) is 25.0 Å². The molecule has 0 bridgehead atoms. The summed E-state index contributed by atoms with van der Waals surface area (Å²) in [6.07, 6.45) is 2.46. The van der Waals surface area contributed by atoms with Gasteiger partial charge in [0.05, 0.1) is 5.56 Å². The number of phenolic OH excluding ortho intramolecular Hbond substituents is 1. The smallest absolute Gasteiger partial charge is 0.255 e. The Morgan fingerprint density at radius 1 is 1.41 bits per heavy atom. The molecule has 4 nitrogen and oxygen atoms in total. The molecule has 3 N–H and O–H groups in total. The molecule has 5 heteroatoms. The Kier molecular flexibility index (Phi) is 3.86. The first-order valence-corrected chi connectivity index (χ1v) is 6.04. The van der Waals surface area contributed by atoms with Gasteiger partial charge in [-0.3, -0.25) is 4.79 Å². The first-order valence-electron chi connectivity index (χ1n) is 5.67. The molecule has 2 rings (SSSR count). The maximum Gasteiger partial charge on any atom is 0.255 e. The standard InChI is InChI=1S/C12H15ClN2O2/c13-8-1-4-10(11(16)7-8)12(17)15-6-5-14-9-2-3-9/h1,4,7,9,14,16H,2-3,5-6H2,(H,15,17). The molecular formula is C12H15ClN2O2. The van der Waals surface area contributed by atoms with Crippen LogP contribution in [0.25, 0.3) is 0 Å². The lowest BCUT2D eigenvalue weighted by Crippen LogP contribution is -2.32. The van der Waals surface area contributed by atoms with E-state index in [4.69, 9.17) is 11.6 Å². The molecule has 1 aromatic rings. The van der Waals surface area contributed by atoms with E-state index < -0.39 is 0 Å². The molecule has 0 atom stereocenters. The van der Waals surface area contributed by atoms with Gasteiger partial charge in [0.25, 0.3) is 5.91 Å². The Hall–Kier alpha value is -1.26. The Labute approximate surface area is 105 Å². The predicted octanol–water partition coefficient (Wildman–Crippen LogP) is 1.53. The average molecular weight is 255 g/mol. The van der Waals surface area contributed by atoms with Gasteiger partial charge in [-0.25, -0.2) is 0 Å². The highest BCUT2D eigenvalue weighted by atomic mass is 35.5. The van der Waals surface area contributed by atoms with Gasteiger partial charge < -0.3 is 15.7 Å². The molecule has 0 radical (unpaired) electrons. The average Bonchev–Trinajstić information content (AvgIpc) is 3.08. The van der Waals surface area contributed by atoms with E-state index in [1.807, 2.05) is 0 Å². The van der Waals surface area contributed by atoms with Crippen molar-refractivity contribution in [2.75, 3.05) is 13.1 Å². The number of hydrogen-bond acceptors (Lipinski definition) is 3. The summed E-state index contributed by atoms with van der Waals surface area (Å²) in [6, 6.07) is 5.09. The number of carbonyl (C=O) groups excluding carboxylic acids is 1. The third kappa shape index (κ3) is 3.61. The molecule has 0 saturated heterocycles. The number of hydrogen-bond donors (Lipinski definition) is 3. The van der Waals surface area contributed by atoms with Crippen LogP contribution in [0.2, 0.25) is 5.02 Å². The molecule has 0 aromatic heterocycles. The highest BCUT2D eigenvalue weighted by molar-refractivity contribution is 6.30. The third-order valence-corrected chi connectivity index (χ3v) is 2.86. The number of carbonyl (C=O) groups is 1. The number of nitrogens with one attached hydrogen (secondary N) is 2. The fourth-order valence-electron chi connectivity index (χ4n) is 1.53. The molecule has 1 fully saturated rings. The zero-order valence-corrected chi connectivity index (χ0v) is 10.1. The molecule has 0 aliphatic heterocycles. The molecule has 1 aromatic carbocycles. The fourth-order valence-corrected chi connectivity index (χ4v) is 1.70. The van der Waals surface area contributed by atoms with Crippen LogP contribution in [0.3, 0.4) is 0 Å². The topological polar surface area (TPSA) is 61.4 Å². The number of aromatic hydroxyl groups is 1. The Morgan fingerprint density at radius 3 is 2.82 bits per heavy atom. The summed E-state index contributed by atoms with van der Waals surface area (Å²) in [4.78, 5) is 11.7. The molecule has 0 heterocycles. The van der Waals surface area contributed by atoms with Crippen LogP contribution in [0.5, 0.6) is 5.75 Å². The van der Waals surface area contributed by atoms with E-state index in [-0.39, 0.29) is 17.2 Å². The minimum Gasteiger partial charge on any atom is -0.507 e. The molecule has 1 aliphatic carbocycles. The lowest BCUT2D eigenvalue weighted by atomic mass is 10.2. The van der Waals surface area contributed by atoms with Gasteiger partial charge in [-0.15, -0.1) is 0 Å². The minimum absolute atomic E-state index is 0.0925. The molecular weight excluding hydrogens is 240 g/mol. The van der Waals surface area contributed by atoms with E-state index >= 15 is 0 Å². The number of phenols is 1. The number of rotatable bonds is 5. The van der Waals surface area contributed by atoms with Crippen molar-refractivity contribution in [2.24, 2.45) is 0 Å². The van der Waals surface area contributed by atoms with E-state index in [9.17, 15) is 9.90 Å². The molecule has 17 heavy (non-hydrogen) atoms. The summed E-state index contributed by atoms with van der Waals surface area (Å²) in [7, 11) is 0. The highest BCUT2D eigenvalue weighted by Crippen LogP contribution is 2.21. The maximum atomic E-state index is 11.7. The zero-order valence-electron chi connectivity index (χ0n) is 9.37. The maximum absolute atomic E-state index is 11.7. The van der Waals surface area contributed by atoms with Crippen molar-refractivity contribution in [1.82, 2.24) is 10.6 Å². The SMILES string of the molecule is O=C(NCCNC1CC1)c1ccc(Cl)cc1O. The van der Waals surface area contributed by atoms with Crippen LogP contribution in [-0.4, -0.2) is 30.1 Å². The van der Waals surface area contributed by atoms with Crippen LogP contribution in [0.1, 0.15) is 23.2 Å². The Bertz CT molecular complexity index is 419. The lowest BCUT2D eigenvalue weighted by molar-refractivity contribution is 0.0951. The zero-order chi connectivity index (χ0) is 12.3. The van der Waals surface area contributed by atoms with Gasteiger partial charge in [-0.2, -0.15) is 0 Å². The second kappa shape index (κ2) is 5.38.